The van der Waals surface area contributed by atoms with Gasteiger partial charge in [0.15, 0.2) is 6.61 Å². The third-order valence-corrected chi connectivity index (χ3v) is 5.53. The zero-order valence-corrected chi connectivity index (χ0v) is 19.2. The average molecular weight is 470 g/mol. The molecule has 1 aliphatic rings. The fraction of sp³-hybridized carbons (Fsp3) is 0.348. The number of anilines is 2. The van der Waals surface area contributed by atoms with Crippen LogP contribution >= 0.6 is 0 Å². The van der Waals surface area contributed by atoms with E-state index in [1.54, 1.807) is 36.1 Å². The first-order valence-electron chi connectivity index (χ1n) is 10.6. The highest BCUT2D eigenvalue weighted by Crippen LogP contribution is 2.31. The molecule has 0 radical (unpaired) electrons. The fourth-order valence-corrected chi connectivity index (χ4v) is 3.60. The second-order valence-electron chi connectivity index (χ2n) is 7.75. The molecule has 0 atom stereocenters. The van der Waals surface area contributed by atoms with Gasteiger partial charge in [-0.25, -0.2) is 4.79 Å². The number of benzene rings is 2. The molecule has 0 saturated carbocycles. The first-order chi connectivity index (χ1) is 16.2. The maximum absolute atomic E-state index is 12.8. The Balaban J connectivity index is 1.73. The molecule has 1 N–H and O–H groups in total. The quantitative estimate of drug-likeness (QED) is 0.371. The lowest BCUT2D eigenvalue weighted by Crippen LogP contribution is -2.48. The molecule has 0 spiro atoms. The minimum atomic E-state index is -0.513. The number of esters is 1. The molecule has 34 heavy (non-hydrogen) atoms. The normalized spacial score (nSPS) is 13.3. The summed E-state index contributed by atoms with van der Waals surface area (Å²) >= 11 is 0. The average Bonchev–Trinajstić information content (AvgIpc) is 2.83. The minimum Gasteiger partial charge on any atom is -0.482 e. The number of rotatable bonds is 7. The lowest BCUT2D eigenvalue weighted by Gasteiger charge is -2.35. The standard InChI is InChI=1S/C23H26N4O7/c1-15-12-18(34-14-22(29)33-3)5-6-19(15)24-23(30)17-4-7-20(21(13-17)27(31)32)26-10-8-25(9-11-26)16(2)28/h4-7,12-13H,8-11,14H2,1-3H3,(H,24,30). The van der Waals surface area contributed by atoms with E-state index in [2.05, 4.69) is 10.1 Å². The monoisotopic (exact) mass is 470 g/mol. The van der Waals surface area contributed by atoms with Crippen molar-refractivity contribution in [2.24, 2.45) is 0 Å². The number of hydrogen-bond acceptors (Lipinski definition) is 8. The second-order valence-corrected chi connectivity index (χ2v) is 7.75. The summed E-state index contributed by atoms with van der Waals surface area (Å²) < 4.78 is 9.86. The van der Waals surface area contributed by atoms with Gasteiger partial charge in [-0.15, -0.1) is 0 Å². The molecule has 0 aromatic heterocycles. The molecular formula is C23H26N4O7. The van der Waals surface area contributed by atoms with Gasteiger partial charge in [0.05, 0.1) is 12.0 Å². The van der Waals surface area contributed by atoms with Crippen molar-refractivity contribution in [3.63, 3.8) is 0 Å². The van der Waals surface area contributed by atoms with Gasteiger partial charge in [-0.2, -0.15) is 0 Å². The molecular weight excluding hydrogens is 444 g/mol. The largest absolute Gasteiger partial charge is 0.482 e. The number of piperazine rings is 1. The Hall–Kier alpha value is -4.15. The molecule has 1 saturated heterocycles. The highest BCUT2D eigenvalue weighted by Gasteiger charge is 2.26. The van der Waals surface area contributed by atoms with E-state index in [0.717, 1.165) is 0 Å². The number of carbonyl (C=O) groups is 3. The van der Waals surface area contributed by atoms with Gasteiger partial charge in [0, 0.05) is 50.4 Å². The number of nitro groups is 1. The van der Waals surface area contributed by atoms with Gasteiger partial charge in [-0.05, 0) is 42.8 Å². The summed E-state index contributed by atoms with van der Waals surface area (Å²) in [6.45, 7) is 4.91. The van der Waals surface area contributed by atoms with Crippen molar-refractivity contribution in [3.05, 3.63) is 57.6 Å². The molecule has 2 aromatic rings. The number of carbonyl (C=O) groups excluding carboxylic acids is 3. The highest BCUT2D eigenvalue weighted by atomic mass is 16.6. The van der Waals surface area contributed by atoms with Crippen molar-refractivity contribution in [2.75, 3.05) is 50.1 Å². The summed E-state index contributed by atoms with van der Waals surface area (Å²) in [5, 5.41) is 14.5. The van der Waals surface area contributed by atoms with E-state index >= 15 is 0 Å². The lowest BCUT2D eigenvalue weighted by atomic mass is 10.1. The molecule has 0 bridgehead atoms. The van der Waals surface area contributed by atoms with E-state index in [4.69, 9.17) is 4.74 Å². The van der Waals surface area contributed by atoms with Crippen LogP contribution < -0.4 is 15.0 Å². The number of methoxy groups -OCH3 is 1. The summed E-state index contributed by atoms with van der Waals surface area (Å²) in [5.41, 5.74) is 1.57. The molecule has 1 aliphatic heterocycles. The van der Waals surface area contributed by atoms with Crippen LogP contribution in [0.2, 0.25) is 0 Å². The van der Waals surface area contributed by atoms with Crippen LogP contribution in [0.25, 0.3) is 0 Å². The molecule has 11 heteroatoms. The van der Waals surface area contributed by atoms with E-state index in [9.17, 15) is 24.5 Å². The molecule has 1 fully saturated rings. The number of nitrogens with one attached hydrogen (secondary N) is 1. The van der Waals surface area contributed by atoms with Gasteiger partial charge in [-0.1, -0.05) is 0 Å². The van der Waals surface area contributed by atoms with Crippen LogP contribution in [0.3, 0.4) is 0 Å². The van der Waals surface area contributed by atoms with Crippen molar-refractivity contribution >= 4 is 34.8 Å². The van der Waals surface area contributed by atoms with Gasteiger partial charge in [0.1, 0.15) is 11.4 Å². The van der Waals surface area contributed by atoms with Crippen molar-refractivity contribution in [3.8, 4) is 5.75 Å². The Morgan fingerprint density at radius 3 is 2.38 bits per heavy atom. The van der Waals surface area contributed by atoms with E-state index in [1.165, 1.54) is 26.2 Å². The number of nitrogens with zero attached hydrogens (tertiary/aromatic N) is 3. The van der Waals surface area contributed by atoms with Gasteiger partial charge >= 0.3 is 5.97 Å². The Morgan fingerprint density at radius 2 is 1.79 bits per heavy atom. The van der Waals surface area contributed by atoms with Gasteiger partial charge < -0.3 is 24.6 Å². The highest BCUT2D eigenvalue weighted by molar-refractivity contribution is 6.05. The summed E-state index contributed by atoms with van der Waals surface area (Å²) in [6, 6.07) is 9.23. The fourth-order valence-electron chi connectivity index (χ4n) is 3.60. The zero-order chi connectivity index (χ0) is 24.8. The minimum absolute atomic E-state index is 0.0282. The van der Waals surface area contributed by atoms with E-state index in [-0.39, 0.29) is 23.8 Å². The molecule has 0 unspecified atom stereocenters. The van der Waals surface area contributed by atoms with Gasteiger partial charge in [0.25, 0.3) is 11.6 Å². The van der Waals surface area contributed by atoms with E-state index in [1.807, 2.05) is 4.90 Å². The van der Waals surface area contributed by atoms with Crippen LogP contribution in [0.1, 0.15) is 22.8 Å². The van der Waals surface area contributed by atoms with Crippen LogP contribution in [0.5, 0.6) is 5.75 Å². The SMILES string of the molecule is COC(=O)COc1ccc(NC(=O)c2ccc(N3CCN(C(C)=O)CC3)c([N+](=O)[O-])c2)c(C)c1. The van der Waals surface area contributed by atoms with Crippen LogP contribution in [0.15, 0.2) is 36.4 Å². The first kappa shape index (κ1) is 24.5. The predicted octanol–water partition coefficient (Wildman–Crippen LogP) is 2.38. The number of aryl methyl sites for hydroxylation is 1. The summed E-state index contributed by atoms with van der Waals surface area (Å²) in [7, 11) is 1.26. The predicted molar refractivity (Wildman–Crippen MR) is 124 cm³/mol. The Kier molecular flexibility index (Phi) is 7.67. The zero-order valence-electron chi connectivity index (χ0n) is 19.2. The van der Waals surface area contributed by atoms with Crippen molar-refractivity contribution in [1.29, 1.82) is 0 Å². The summed E-state index contributed by atoms with van der Waals surface area (Å²) in [5.74, 6) is -0.603. The van der Waals surface area contributed by atoms with Crippen molar-refractivity contribution in [1.82, 2.24) is 4.90 Å². The van der Waals surface area contributed by atoms with E-state index in [0.29, 0.717) is 48.9 Å². The maximum atomic E-state index is 12.8. The van der Waals surface area contributed by atoms with E-state index < -0.39 is 16.8 Å². The third-order valence-electron chi connectivity index (χ3n) is 5.53. The lowest BCUT2D eigenvalue weighted by molar-refractivity contribution is -0.384. The summed E-state index contributed by atoms with van der Waals surface area (Å²) in [4.78, 5) is 50.3. The third kappa shape index (κ3) is 5.80. The summed E-state index contributed by atoms with van der Waals surface area (Å²) in [6.07, 6.45) is 0. The molecule has 0 aliphatic carbocycles. The van der Waals surface area contributed by atoms with Crippen LogP contribution in [-0.4, -0.2) is 67.5 Å². The Bertz CT molecular complexity index is 1110. The topological polar surface area (TPSA) is 131 Å². The van der Waals surface area contributed by atoms with Gasteiger partial charge in [0.2, 0.25) is 5.91 Å². The smallest absolute Gasteiger partial charge is 0.343 e. The van der Waals surface area contributed by atoms with Crippen LogP contribution in [0.4, 0.5) is 17.1 Å². The molecule has 2 aromatic carbocycles. The molecule has 1 heterocycles. The van der Waals surface area contributed by atoms with Crippen molar-refractivity contribution in [2.45, 2.75) is 13.8 Å². The van der Waals surface area contributed by atoms with Crippen molar-refractivity contribution < 1.29 is 28.8 Å². The Labute approximate surface area is 196 Å². The van der Waals surface area contributed by atoms with Crippen LogP contribution in [0, 0.1) is 17.0 Å². The number of nitro benzene ring substituents is 1. The Morgan fingerprint density at radius 1 is 1.09 bits per heavy atom. The first-order valence-corrected chi connectivity index (χ1v) is 10.6. The van der Waals surface area contributed by atoms with Crippen LogP contribution in [-0.2, 0) is 14.3 Å². The van der Waals surface area contributed by atoms with Gasteiger partial charge in [-0.3, -0.25) is 19.7 Å². The molecule has 180 valence electrons. The number of hydrogen-bond donors (Lipinski definition) is 1. The second kappa shape index (κ2) is 10.6. The molecule has 2 amide bonds. The number of amides is 2. The number of ether oxygens (including phenoxy) is 2. The molecule has 3 rings (SSSR count). The molecule has 11 nitrogen and oxygen atoms in total. The maximum Gasteiger partial charge on any atom is 0.343 e.